The van der Waals surface area contributed by atoms with Gasteiger partial charge < -0.3 is 15.0 Å². The molecule has 1 aromatic carbocycles. The number of nitrogens with two attached hydrogens (primary N) is 1. The highest BCUT2D eigenvalue weighted by atomic mass is 35.5. The molecule has 0 atom stereocenters. The summed E-state index contributed by atoms with van der Waals surface area (Å²) >= 11 is 0. The van der Waals surface area contributed by atoms with Gasteiger partial charge >= 0.3 is 0 Å². The summed E-state index contributed by atoms with van der Waals surface area (Å²) in [5, 5.41) is 4.06. The molecule has 0 aliphatic heterocycles. The smallest absolute Gasteiger partial charge is 0.257 e. The molecule has 0 saturated heterocycles. The SMILES string of the molecule is CCOc1ccc(-c2nc(C3(N)CCCC3)no2)cc1.Cl. The van der Waals surface area contributed by atoms with Gasteiger partial charge in [-0.25, -0.2) is 0 Å². The average molecular weight is 310 g/mol. The number of rotatable bonds is 4. The first-order valence-corrected chi connectivity index (χ1v) is 7.07. The van der Waals surface area contributed by atoms with Gasteiger partial charge in [0, 0.05) is 5.56 Å². The van der Waals surface area contributed by atoms with Gasteiger partial charge in [0.15, 0.2) is 5.82 Å². The summed E-state index contributed by atoms with van der Waals surface area (Å²) in [5.74, 6) is 1.97. The second-order valence-electron chi connectivity index (χ2n) is 5.24. The Morgan fingerprint density at radius 1 is 1.24 bits per heavy atom. The molecule has 1 saturated carbocycles. The van der Waals surface area contributed by atoms with E-state index < -0.39 is 5.54 Å². The molecule has 0 unspecified atom stereocenters. The molecule has 5 nitrogen and oxygen atoms in total. The van der Waals surface area contributed by atoms with E-state index in [4.69, 9.17) is 15.0 Å². The van der Waals surface area contributed by atoms with Crippen LogP contribution in [0, 0.1) is 0 Å². The maximum Gasteiger partial charge on any atom is 0.257 e. The highest BCUT2D eigenvalue weighted by Gasteiger charge is 2.36. The minimum Gasteiger partial charge on any atom is -0.494 e. The normalized spacial score (nSPS) is 16.5. The van der Waals surface area contributed by atoms with Crippen molar-refractivity contribution in [2.75, 3.05) is 6.61 Å². The number of halogens is 1. The maximum absolute atomic E-state index is 6.33. The van der Waals surface area contributed by atoms with Crippen LogP contribution in [0.2, 0.25) is 0 Å². The fourth-order valence-corrected chi connectivity index (χ4v) is 2.63. The maximum atomic E-state index is 6.33. The average Bonchev–Trinajstić information content (AvgIpc) is 3.10. The zero-order chi connectivity index (χ0) is 14.0. The van der Waals surface area contributed by atoms with Crippen LogP contribution in [0.15, 0.2) is 28.8 Å². The van der Waals surface area contributed by atoms with E-state index in [-0.39, 0.29) is 12.4 Å². The summed E-state index contributed by atoms with van der Waals surface area (Å²) in [4.78, 5) is 4.47. The topological polar surface area (TPSA) is 74.2 Å². The molecule has 2 aromatic rings. The second-order valence-corrected chi connectivity index (χ2v) is 5.24. The molecule has 0 amide bonds. The molecule has 2 N–H and O–H groups in total. The lowest BCUT2D eigenvalue weighted by atomic mass is 9.99. The van der Waals surface area contributed by atoms with E-state index in [1.54, 1.807) is 0 Å². The predicted molar refractivity (Wildman–Crippen MR) is 82.5 cm³/mol. The van der Waals surface area contributed by atoms with Gasteiger partial charge in [0.05, 0.1) is 12.1 Å². The molecule has 1 heterocycles. The number of aromatic nitrogens is 2. The summed E-state index contributed by atoms with van der Waals surface area (Å²) < 4.78 is 10.8. The van der Waals surface area contributed by atoms with Crippen molar-refractivity contribution >= 4 is 12.4 Å². The molecule has 114 valence electrons. The fourth-order valence-electron chi connectivity index (χ4n) is 2.63. The Bertz CT molecular complexity index is 577. The predicted octanol–water partition coefficient (Wildman–Crippen LogP) is 3.29. The lowest BCUT2D eigenvalue weighted by Crippen LogP contribution is -2.34. The molecule has 6 heteroatoms. The van der Waals surface area contributed by atoms with Gasteiger partial charge in [0.25, 0.3) is 5.89 Å². The van der Waals surface area contributed by atoms with Crippen molar-refractivity contribution in [3.05, 3.63) is 30.1 Å². The van der Waals surface area contributed by atoms with Crippen molar-refractivity contribution in [3.8, 4) is 17.2 Å². The molecule has 0 spiro atoms. The Hall–Kier alpha value is -1.59. The molecule has 0 bridgehead atoms. The van der Waals surface area contributed by atoms with Crippen LogP contribution < -0.4 is 10.5 Å². The van der Waals surface area contributed by atoms with Gasteiger partial charge in [-0.15, -0.1) is 12.4 Å². The quantitative estimate of drug-likeness (QED) is 0.938. The summed E-state index contributed by atoms with van der Waals surface area (Å²) in [6.45, 7) is 2.61. The van der Waals surface area contributed by atoms with Crippen LogP contribution in [0.4, 0.5) is 0 Å². The number of benzene rings is 1. The van der Waals surface area contributed by atoms with Gasteiger partial charge in [-0.3, -0.25) is 0 Å². The minimum absolute atomic E-state index is 0. The van der Waals surface area contributed by atoms with Crippen LogP contribution in [0.1, 0.15) is 38.4 Å². The Morgan fingerprint density at radius 3 is 2.52 bits per heavy atom. The largest absolute Gasteiger partial charge is 0.494 e. The number of nitrogens with zero attached hydrogens (tertiary/aromatic N) is 2. The van der Waals surface area contributed by atoms with Crippen molar-refractivity contribution in [2.45, 2.75) is 38.1 Å². The summed E-state index contributed by atoms with van der Waals surface area (Å²) in [6.07, 6.45) is 4.11. The van der Waals surface area contributed by atoms with Gasteiger partial charge in [0.1, 0.15) is 5.75 Å². The van der Waals surface area contributed by atoms with Crippen LogP contribution in [-0.4, -0.2) is 16.7 Å². The molecule has 1 aliphatic rings. The van der Waals surface area contributed by atoms with Gasteiger partial charge in [0.2, 0.25) is 0 Å². The van der Waals surface area contributed by atoms with Crippen molar-refractivity contribution in [1.82, 2.24) is 10.1 Å². The third kappa shape index (κ3) is 3.19. The molecule has 21 heavy (non-hydrogen) atoms. The minimum atomic E-state index is -0.410. The van der Waals surface area contributed by atoms with E-state index in [9.17, 15) is 0 Å². The van der Waals surface area contributed by atoms with Crippen molar-refractivity contribution < 1.29 is 9.26 Å². The molecular weight excluding hydrogens is 290 g/mol. The standard InChI is InChI=1S/C15H19N3O2.ClH/c1-2-19-12-7-5-11(6-8-12)13-17-14(18-20-13)15(16)9-3-4-10-15;/h5-8H,2-4,9-10,16H2,1H3;1H. The lowest BCUT2D eigenvalue weighted by Gasteiger charge is -2.17. The van der Waals surface area contributed by atoms with Gasteiger partial charge in [-0.05, 0) is 44.0 Å². The van der Waals surface area contributed by atoms with Crippen LogP contribution in [-0.2, 0) is 5.54 Å². The number of hydrogen-bond acceptors (Lipinski definition) is 5. The molecule has 0 radical (unpaired) electrons. The van der Waals surface area contributed by atoms with E-state index in [1.165, 1.54) is 0 Å². The van der Waals surface area contributed by atoms with Crippen LogP contribution in [0.3, 0.4) is 0 Å². The number of hydrogen-bond donors (Lipinski definition) is 1. The highest BCUT2D eigenvalue weighted by Crippen LogP contribution is 2.35. The van der Waals surface area contributed by atoms with E-state index in [0.717, 1.165) is 37.0 Å². The zero-order valence-corrected chi connectivity index (χ0v) is 12.9. The van der Waals surface area contributed by atoms with Crippen LogP contribution in [0.25, 0.3) is 11.5 Å². The molecule has 1 aromatic heterocycles. The Kier molecular flexibility index (Phi) is 4.85. The zero-order valence-electron chi connectivity index (χ0n) is 12.0. The van der Waals surface area contributed by atoms with Gasteiger partial charge in [-0.1, -0.05) is 18.0 Å². The van der Waals surface area contributed by atoms with Crippen molar-refractivity contribution in [2.24, 2.45) is 5.73 Å². The lowest BCUT2D eigenvalue weighted by molar-refractivity contribution is 0.340. The summed E-state index contributed by atoms with van der Waals surface area (Å²) in [5.41, 5.74) is 6.80. The Balaban J connectivity index is 0.00000161. The third-order valence-corrected chi connectivity index (χ3v) is 3.78. The van der Waals surface area contributed by atoms with Crippen LogP contribution in [0.5, 0.6) is 5.75 Å². The van der Waals surface area contributed by atoms with E-state index in [1.807, 2.05) is 31.2 Å². The Morgan fingerprint density at radius 2 is 1.90 bits per heavy atom. The van der Waals surface area contributed by atoms with Crippen LogP contribution >= 0.6 is 12.4 Å². The first kappa shape index (κ1) is 15.8. The monoisotopic (exact) mass is 309 g/mol. The fraction of sp³-hybridized carbons (Fsp3) is 0.467. The summed E-state index contributed by atoms with van der Waals surface area (Å²) in [6, 6.07) is 7.63. The van der Waals surface area contributed by atoms with E-state index in [0.29, 0.717) is 18.3 Å². The first-order valence-electron chi connectivity index (χ1n) is 7.07. The van der Waals surface area contributed by atoms with Gasteiger partial charge in [-0.2, -0.15) is 4.98 Å². The van der Waals surface area contributed by atoms with E-state index in [2.05, 4.69) is 10.1 Å². The first-order chi connectivity index (χ1) is 9.71. The highest BCUT2D eigenvalue weighted by molar-refractivity contribution is 5.85. The summed E-state index contributed by atoms with van der Waals surface area (Å²) in [7, 11) is 0. The second kappa shape index (κ2) is 6.45. The number of ether oxygens (including phenoxy) is 1. The molecule has 3 rings (SSSR count). The van der Waals surface area contributed by atoms with Crippen molar-refractivity contribution in [3.63, 3.8) is 0 Å². The van der Waals surface area contributed by atoms with Crippen molar-refractivity contribution in [1.29, 1.82) is 0 Å². The molecular formula is C15H20ClN3O2. The molecule has 1 fully saturated rings. The third-order valence-electron chi connectivity index (χ3n) is 3.78. The molecule has 1 aliphatic carbocycles. The van der Waals surface area contributed by atoms with E-state index >= 15 is 0 Å². The Labute approximate surface area is 130 Å².